The molecule has 46 heavy (non-hydrogen) atoms. The number of carbonyl (C=O) groups is 3. The minimum absolute atomic E-state index is 0.0265. The molecule has 0 amide bonds. The van der Waals surface area contributed by atoms with Gasteiger partial charge in [-0.05, 0) is 32.1 Å². The first kappa shape index (κ1) is 43.8. The highest BCUT2D eigenvalue weighted by Crippen LogP contribution is 2.13. The summed E-state index contributed by atoms with van der Waals surface area (Å²) in [5.41, 5.74) is 0. The number of unbranched alkanes of at least 4 members (excludes halogenated alkanes) is 14. The van der Waals surface area contributed by atoms with Gasteiger partial charge in [0.2, 0.25) is 0 Å². The quantitative estimate of drug-likeness (QED) is 0.0319. The number of nitrogens with zero attached hydrogens (tertiary/aromatic N) is 1. The zero-order valence-electron chi connectivity index (χ0n) is 30.2. The van der Waals surface area contributed by atoms with Crippen LogP contribution < -0.4 is 5.11 Å². The molecule has 0 aromatic heterocycles. The SMILES string of the molecule is CCCCCCCC/C=C/C/C=C/CCC(=O)OCC(COCCC(C(=O)[O-])[N+](C)(C)C)OC(=O)CCCCCCCCCCC. The zero-order valence-corrected chi connectivity index (χ0v) is 30.2. The first-order valence-electron chi connectivity index (χ1n) is 18.4. The summed E-state index contributed by atoms with van der Waals surface area (Å²) in [6.45, 7) is 4.55. The van der Waals surface area contributed by atoms with E-state index in [0.29, 0.717) is 12.8 Å². The summed E-state index contributed by atoms with van der Waals surface area (Å²) in [6, 6.07) is -0.727. The highest BCUT2D eigenvalue weighted by atomic mass is 16.6. The fourth-order valence-corrected chi connectivity index (χ4v) is 5.18. The Bertz CT molecular complexity index is 818. The number of allylic oxidation sites excluding steroid dienone is 4. The van der Waals surface area contributed by atoms with Gasteiger partial charge in [-0.25, -0.2) is 0 Å². The summed E-state index contributed by atoms with van der Waals surface area (Å²) < 4.78 is 17.0. The van der Waals surface area contributed by atoms with Gasteiger partial charge in [-0.1, -0.05) is 122 Å². The molecule has 0 heterocycles. The molecule has 0 radical (unpaired) electrons. The fraction of sp³-hybridized carbons (Fsp3) is 0.816. The molecule has 0 rings (SSSR count). The van der Waals surface area contributed by atoms with Crippen LogP contribution in [0, 0.1) is 0 Å². The van der Waals surface area contributed by atoms with Crippen LogP contribution in [0.4, 0.5) is 0 Å². The van der Waals surface area contributed by atoms with E-state index in [-0.39, 0.29) is 49.1 Å². The number of carboxylic acid groups (broad SMARTS) is 1. The molecule has 2 atom stereocenters. The number of carbonyl (C=O) groups excluding carboxylic acids is 3. The number of quaternary nitrogens is 1. The summed E-state index contributed by atoms with van der Waals surface area (Å²) >= 11 is 0. The summed E-state index contributed by atoms with van der Waals surface area (Å²) in [7, 11) is 5.38. The number of likely N-dealkylation sites (N-methyl/N-ethyl adjacent to an activating group) is 1. The lowest BCUT2D eigenvalue weighted by Gasteiger charge is -2.34. The van der Waals surface area contributed by atoms with E-state index >= 15 is 0 Å². The van der Waals surface area contributed by atoms with Crippen molar-refractivity contribution in [2.75, 3.05) is 41.0 Å². The molecule has 0 saturated carbocycles. The van der Waals surface area contributed by atoms with E-state index in [0.717, 1.165) is 32.1 Å². The molecule has 0 aliphatic rings. The maximum Gasteiger partial charge on any atom is 0.306 e. The minimum Gasteiger partial charge on any atom is -0.544 e. The molecule has 0 aromatic carbocycles. The van der Waals surface area contributed by atoms with E-state index in [1.54, 1.807) is 21.1 Å². The Labute approximate surface area is 281 Å². The third kappa shape index (κ3) is 28.1. The lowest BCUT2D eigenvalue weighted by molar-refractivity contribution is -0.889. The minimum atomic E-state index is -1.13. The topological polar surface area (TPSA) is 102 Å². The molecule has 0 saturated heterocycles. The number of hydrogen-bond acceptors (Lipinski definition) is 7. The van der Waals surface area contributed by atoms with Crippen molar-refractivity contribution in [2.45, 2.75) is 161 Å². The van der Waals surface area contributed by atoms with Gasteiger partial charge in [0.05, 0.1) is 40.3 Å². The Morgan fingerprint density at radius 3 is 1.76 bits per heavy atom. The van der Waals surface area contributed by atoms with Gasteiger partial charge in [0, 0.05) is 19.3 Å². The normalized spacial score (nSPS) is 13.3. The molecule has 0 aromatic rings. The van der Waals surface area contributed by atoms with Crippen LogP contribution in [0.1, 0.15) is 149 Å². The van der Waals surface area contributed by atoms with Crippen molar-refractivity contribution in [1.82, 2.24) is 0 Å². The molecule has 8 nitrogen and oxygen atoms in total. The van der Waals surface area contributed by atoms with Crippen molar-refractivity contribution in [3.8, 4) is 0 Å². The van der Waals surface area contributed by atoms with Crippen LogP contribution in [0.5, 0.6) is 0 Å². The molecule has 8 heteroatoms. The third-order valence-electron chi connectivity index (χ3n) is 8.10. The number of hydrogen-bond donors (Lipinski definition) is 0. The molecule has 0 aliphatic carbocycles. The average Bonchev–Trinajstić information content (AvgIpc) is 3.00. The maximum absolute atomic E-state index is 12.6. The van der Waals surface area contributed by atoms with Crippen LogP contribution in [0.25, 0.3) is 0 Å². The van der Waals surface area contributed by atoms with Crippen LogP contribution >= 0.6 is 0 Å². The summed E-state index contributed by atoms with van der Waals surface area (Å²) in [5.74, 6) is -1.82. The van der Waals surface area contributed by atoms with Gasteiger partial charge in [-0.2, -0.15) is 0 Å². The monoisotopic (exact) mass is 652 g/mol. The van der Waals surface area contributed by atoms with Crippen LogP contribution in [0.15, 0.2) is 24.3 Å². The van der Waals surface area contributed by atoms with Gasteiger partial charge in [-0.15, -0.1) is 0 Å². The fourth-order valence-electron chi connectivity index (χ4n) is 5.18. The van der Waals surface area contributed by atoms with Crippen LogP contribution in [-0.2, 0) is 28.6 Å². The van der Waals surface area contributed by atoms with E-state index < -0.39 is 18.1 Å². The largest absolute Gasteiger partial charge is 0.544 e. The summed E-state index contributed by atoms with van der Waals surface area (Å²) in [6.07, 6.45) is 29.3. The second-order valence-corrected chi connectivity index (χ2v) is 13.5. The number of carboxylic acids is 1. The van der Waals surface area contributed by atoms with Crippen LogP contribution in [0.3, 0.4) is 0 Å². The Morgan fingerprint density at radius 1 is 0.652 bits per heavy atom. The first-order valence-corrected chi connectivity index (χ1v) is 18.4. The van der Waals surface area contributed by atoms with Gasteiger partial charge in [-0.3, -0.25) is 9.59 Å². The van der Waals surface area contributed by atoms with Crippen molar-refractivity contribution in [3.63, 3.8) is 0 Å². The molecule has 0 N–H and O–H groups in total. The second kappa shape index (κ2) is 30.2. The first-order chi connectivity index (χ1) is 22.1. The van der Waals surface area contributed by atoms with Gasteiger partial charge in [0.1, 0.15) is 12.6 Å². The second-order valence-electron chi connectivity index (χ2n) is 13.5. The molecular formula is C38H69NO7. The van der Waals surface area contributed by atoms with E-state index in [4.69, 9.17) is 14.2 Å². The highest BCUT2D eigenvalue weighted by Gasteiger charge is 2.25. The Hall–Kier alpha value is -2.19. The number of aliphatic carboxylic acids is 1. The average molecular weight is 652 g/mol. The number of esters is 2. The molecule has 0 spiro atoms. The third-order valence-corrected chi connectivity index (χ3v) is 8.10. The summed E-state index contributed by atoms with van der Waals surface area (Å²) in [5, 5.41) is 11.5. The van der Waals surface area contributed by atoms with E-state index in [9.17, 15) is 19.5 Å². The van der Waals surface area contributed by atoms with Crippen LogP contribution in [0.2, 0.25) is 0 Å². The molecule has 0 aliphatic heterocycles. The number of ether oxygens (including phenoxy) is 3. The standard InChI is InChI=1S/C38H69NO7/c1-6-8-10-12-14-16-17-18-19-21-22-24-26-28-36(40)45-33-34(32-44-31-30-35(38(42)43)39(3,4)5)46-37(41)29-27-25-23-20-15-13-11-9-7-2/h18-19,22,24,34-35H,6-17,20-21,23,25-33H2,1-5H3/b19-18+,24-22+. The molecule has 2 unspecified atom stereocenters. The van der Waals surface area contributed by atoms with Crippen molar-refractivity contribution in [2.24, 2.45) is 0 Å². The van der Waals surface area contributed by atoms with Gasteiger partial charge in [0.15, 0.2) is 6.10 Å². The smallest absolute Gasteiger partial charge is 0.306 e. The van der Waals surface area contributed by atoms with Gasteiger partial charge in [0.25, 0.3) is 0 Å². The van der Waals surface area contributed by atoms with E-state index in [1.807, 2.05) is 6.08 Å². The van der Waals surface area contributed by atoms with Gasteiger partial charge < -0.3 is 28.6 Å². The van der Waals surface area contributed by atoms with E-state index in [1.165, 1.54) is 77.0 Å². The summed E-state index contributed by atoms with van der Waals surface area (Å²) in [4.78, 5) is 36.5. The van der Waals surface area contributed by atoms with Crippen molar-refractivity contribution < 1.29 is 38.2 Å². The maximum atomic E-state index is 12.6. The lowest BCUT2D eigenvalue weighted by atomic mass is 10.1. The van der Waals surface area contributed by atoms with E-state index in [2.05, 4.69) is 32.1 Å². The molecule has 0 bridgehead atoms. The lowest BCUT2D eigenvalue weighted by Crippen LogP contribution is -2.55. The van der Waals surface area contributed by atoms with Crippen molar-refractivity contribution in [1.29, 1.82) is 0 Å². The van der Waals surface area contributed by atoms with Crippen molar-refractivity contribution in [3.05, 3.63) is 24.3 Å². The molecular weight excluding hydrogens is 582 g/mol. The predicted molar refractivity (Wildman–Crippen MR) is 185 cm³/mol. The zero-order chi connectivity index (χ0) is 34.3. The van der Waals surface area contributed by atoms with Crippen LogP contribution in [-0.4, -0.2) is 75.5 Å². The number of rotatable bonds is 32. The Morgan fingerprint density at radius 2 is 1.20 bits per heavy atom. The predicted octanol–water partition coefficient (Wildman–Crippen LogP) is 7.63. The Balaban J connectivity index is 4.51. The van der Waals surface area contributed by atoms with Gasteiger partial charge >= 0.3 is 11.9 Å². The highest BCUT2D eigenvalue weighted by molar-refractivity contribution is 5.70. The molecule has 0 fully saturated rings. The molecule has 268 valence electrons. The van der Waals surface area contributed by atoms with Crippen molar-refractivity contribution >= 4 is 17.9 Å². The Kier molecular flexibility index (Phi) is 28.7.